The van der Waals surface area contributed by atoms with Crippen molar-refractivity contribution in [2.75, 3.05) is 0 Å². The molecule has 0 heterocycles. The molecule has 0 radical (unpaired) electrons. The van der Waals surface area contributed by atoms with E-state index in [0.29, 0.717) is 5.92 Å². The molecule has 0 saturated carbocycles. The number of amides is 1. The maximum atomic E-state index is 12.7. The zero-order valence-electron chi connectivity index (χ0n) is 14.5. The molecule has 3 N–H and O–H groups in total. The molecule has 2 rings (SSSR count). The molecular formula is C20H27ClN2O. The Bertz CT molecular complexity index is 616. The van der Waals surface area contributed by atoms with Crippen LogP contribution in [0.4, 0.5) is 0 Å². The smallest absolute Gasteiger partial charge is 0.225 e. The summed E-state index contributed by atoms with van der Waals surface area (Å²) in [7, 11) is 0. The van der Waals surface area contributed by atoms with E-state index < -0.39 is 0 Å². The summed E-state index contributed by atoms with van der Waals surface area (Å²) in [5, 5.41) is 3.16. The lowest BCUT2D eigenvalue weighted by atomic mass is 9.92. The molecule has 3 atom stereocenters. The first kappa shape index (κ1) is 20.2. The van der Waals surface area contributed by atoms with Gasteiger partial charge in [-0.25, -0.2) is 0 Å². The fraction of sp³-hybridized carbons (Fsp3) is 0.350. The van der Waals surface area contributed by atoms with Gasteiger partial charge in [0.25, 0.3) is 0 Å². The average Bonchev–Trinajstić information content (AvgIpc) is 2.59. The predicted molar refractivity (Wildman–Crippen MR) is 102 cm³/mol. The topological polar surface area (TPSA) is 55.1 Å². The fourth-order valence-electron chi connectivity index (χ4n) is 2.71. The third kappa shape index (κ3) is 5.08. The monoisotopic (exact) mass is 346 g/mol. The van der Waals surface area contributed by atoms with Crippen LogP contribution < -0.4 is 11.1 Å². The predicted octanol–water partition coefficient (Wildman–Crippen LogP) is 4.26. The third-order valence-corrected chi connectivity index (χ3v) is 4.26. The number of rotatable bonds is 6. The summed E-state index contributed by atoms with van der Waals surface area (Å²) in [5.41, 5.74) is 8.37. The summed E-state index contributed by atoms with van der Waals surface area (Å²) in [6, 6.07) is 19.5. The zero-order chi connectivity index (χ0) is 16.8. The van der Waals surface area contributed by atoms with Crippen molar-refractivity contribution in [2.24, 2.45) is 17.6 Å². The van der Waals surface area contributed by atoms with Crippen LogP contribution in [0.25, 0.3) is 0 Å². The van der Waals surface area contributed by atoms with Gasteiger partial charge in [0.15, 0.2) is 0 Å². The number of nitrogens with one attached hydrogen (secondary N) is 1. The van der Waals surface area contributed by atoms with Crippen LogP contribution in [0.3, 0.4) is 0 Å². The Morgan fingerprint density at radius 2 is 1.33 bits per heavy atom. The van der Waals surface area contributed by atoms with Crippen molar-refractivity contribution in [3.63, 3.8) is 0 Å². The summed E-state index contributed by atoms with van der Waals surface area (Å²) in [5.74, 6) is 0.00719. The summed E-state index contributed by atoms with van der Waals surface area (Å²) >= 11 is 0. The second kappa shape index (κ2) is 9.45. The van der Waals surface area contributed by atoms with Gasteiger partial charge in [-0.3, -0.25) is 4.79 Å². The van der Waals surface area contributed by atoms with Crippen molar-refractivity contribution in [3.05, 3.63) is 71.8 Å². The first-order chi connectivity index (χ1) is 11.0. The number of hydrogen-bond acceptors (Lipinski definition) is 2. The van der Waals surface area contributed by atoms with E-state index >= 15 is 0 Å². The maximum Gasteiger partial charge on any atom is 0.225 e. The second-order valence-electron chi connectivity index (χ2n) is 6.37. The SMILES string of the molecule is CC(C)C(NC(=O)C(C)C(N)c1ccccc1)c1ccccc1.Cl. The highest BCUT2D eigenvalue weighted by Gasteiger charge is 2.26. The molecule has 3 nitrogen and oxygen atoms in total. The van der Waals surface area contributed by atoms with E-state index in [9.17, 15) is 4.79 Å². The van der Waals surface area contributed by atoms with E-state index in [1.54, 1.807) is 0 Å². The van der Waals surface area contributed by atoms with E-state index in [-0.39, 0.29) is 36.3 Å². The number of halogens is 1. The highest BCUT2D eigenvalue weighted by atomic mass is 35.5. The molecule has 1 amide bonds. The number of benzene rings is 2. The lowest BCUT2D eigenvalue weighted by Gasteiger charge is -2.27. The molecule has 0 spiro atoms. The lowest BCUT2D eigenvalue weighted by Crippen LogP contribution is -2.39. The van der Waals surface area contributed by atoms with Crippen LogP contribution in [0.5, 0.6) is 0 Å². The minimum Gasteiger partial charge on any atom is -0.349 e. The highest BCUT2D eigenvalue weighted by Crippen LogP contribution is 2.24. The molecule has 4 heteroatoms. The van der Waals surface area contributed by atoms with E-state index in [2.05, 4.69) is 19.2 Å². The van der Waals surface area contributed by atoms with Crippen molar-refractivity contribution in [3.8, 4) is 0 Å². The summed E-state index contributed by atoms with van der Waals surface area (Å²) in [4.78, 5) is 12.7. The zero-order valence-corrected chi connectivity index (χ0v) is 15.3. The molecule has 3 unspecified atom stereocenters. The van der Waals surface area contributed by atoms with Crippen LogP contribution in [-0.2, 0) is 4.79 Å². The molecular weight excluding hydrogens is 320 g/mol. The van der Waals surface area contributed by atoms with Gasteiger partial charge in [0.05, 0.1) is 12.0 Å². The number of nitrogens with two attached hydrogens (primary N) is 1. The normalized spacial score (nSPS) is 14.4. The Morgan fingerprint density at radius 3 is 1.79 bits per heavy atom. The van der Waals surface area contributed by atoms with Crippen molar-refractivity contribution < 1.29 is 4.79 Å². The standard InChI is InChI=1S/C20H26N2O.ClH/c1-14(2)19(17-12-8-5-9-13-17)22-20(23)15(3)18(21)16-10-6-4-7-11-16;/h4-15,18-19H,21H2,1-3H3,(H,22,23);1H. The average molecular weight is 347 g/mol. The van der Waals surface area contributed by atoms with Crippen molar-refractivity contribution >= 4 is 18.3 Å². The first-order valence-electron chi connectivity index (χ1n) is 8.16. The highest BCUT2D eigenvalue weighted by molar-refractivity contribution is 5.85. The first-order valence-corrected chi connectivity index (χ1v) is 8.16. The number of carbonyl (C=O) groups is 1. The quantitative estimate of drug-likeness (QED) is 0.821. The van der Waals surface area contributed by atoms with Gasteiger partial charge >= 0.3 is 0 Å². The molecule has 0 bridgehead atoms. The fourth-order valence-corrected chi connectivity index (χ4v) is 2.71. The van der Waals surface area contributed by atoms with Crippen LogP contribution in [0, 0.1) is 11.8 Å². The molecule has 2 aromatic rings. The summed E-state index contributed by atoms with van der Waals surface area (Å²) in [6.45, 7) is 6.11. The molecule has 0 fully saturated rings. The van der Waals surface area contributed by atoms with E-state index in [0.717, 1.165) is 11.1 Å². The maximum absolute atomic E-state index is 12.7. The van der Waals surface area contributed by atoms with Gasteiger partial charge in [-0.15, -0.1) is 12.4 Å². The third-order valence-electron chi connectivity index (χ3n) is 4.26. The largest absolute Gasteiger partial charge is 0.349 e. The van der Waals surface area contributed by atoms with Crippen molar-refractivity contribution in [1.29, 1.82) is 0 Å². The lowest BCUT2D eigenvalue weighted by molar-refractivity contribution is -0.126. The van der Waals surface area contributed by atoms with Crippen molar-refractivity contribution in [2.45, 2.75) is 32.9 Å². The van der Waals surface area contributed by atoms with Gasteiger partial charge in [-0.05, 0) is 17.0 Å². The minimum atomic E-state index is -0.306. The Labute approximate surface area is 151 Å². The Balaban J connectivity index is 0.00000288. The molecule has 130 valence electrons. The van der Waals surface area contributed by atoms with Gasteiger partial charge < -0.3 is 11.1 Å². The van der Waals surface area contributed by atoms with Crippen LogP contribution >= 0.6 is 12.4 Å². The molecule has 0 aliphatic carbocycles. The molecule has 0 aliphatic heterocycles. The minimum absolute atomic E-state index is 0. The second-order valence-corrected chi connectivity index (χ2v) is 6.37. The summed E-state index contributed by atoms with van der Waals surface area (Å²) < 4.78 is 0. The van der Waals surface area contributed by atoms with Gasteiger partial charge in [0, 0.05) is 6.04 Å². The van der Waals surface area contributed by atoms with Crippen LogP contribution in [-0.4, -0.2) is 5.91 Å². The Hall–Kier alpha value is -1.84. The van der Waals surface area contributed by atoms with Gasteiger partial charge in [-0.1, -0.05) is 81.4 Å². The Morgan fingerprint density at radius 1 is 0.875 bits per heavy atom. The molecule has 24 heavy (non-hydrogen) atoms. The van der Waals surface area contributed by atoms with E-state index in [1.165, 1.54) is 0 Å². The Kier molecular flexibility index (Phi) is 7.96. The van der Waals surface area contributed by atoms with Crippen molar-refractivity contribution in [1.82, 2.24) is 5.32 Å². The van der Waals surface area contributed by atoms with Crippen LogP contribution in [0.2, 0.25) is 0 Å². The number of carbonyl (C=O) groups excluding carboxylic acids is 1. The molecule has 0 aliphatic rings. The van der Waals surface area contributed by atoms with Crippen LogP contribution in [0.15, 0.2) is 60.7 Å². The van der Waals surface area contributed by atoms with E-state index in [4.69, 9.17) is 5.73 Å². The van der Waals surface area contributed by atoms with Gasteiger partial charge in [-0.2, -0.15) is 0 Å². The van der Waals surface area contributed by atoms with Crippen LogP contribution in [0.1, 0.15) is 44.0 Å². The summed E-state index contributed by atoms with van der Waals surface area (Å²) in [6.07, 6.45) is 0. The molecule has 0 aromatic heterocycles. The van der Waals surface area contributed by atoms with E-state index in [1.807, 2.05) is 67.6 Å². The van der Waals surface area contributed by atoms with Gasteiger partial charge in [0.1, 0.15) is 0 Å². The molecule has 2 aromatic carbocycles. The molecule has 0 saturated heterocycles. The number of hydrogen-bond donors (Lipinski definition) is 2. The van der Waals surface area contributed by atoms with Gasteiger partial charge in [0.2, 0.25) is 5.91 Å².